The van der Waals surface area contributed by atoms with Gasteiger partial charge < -0.3 is 45.4 Å². The highest BCUT2D eigenvalue weighted by Gasteiger charge is 2.32. The highest BCUT2D eigenvalue weighted by molar-refractivity contribution is 5.79. The van der Waals surface area contributed by atoms with Crippen LogP contribution in [0.3, 0.4) is 0 Å². The summed E-state index contributed by atoms with van der Waals surface area (Å²) in [7, 11) is 0. The highest BCUT2D eigenvalue weighted by atomic mass is 19.1. The van der Waals surface area contributed by atoms with E-state index in [1.54, 1.807) is 17.0 Å². The summed E-state index contributed by atoms with van der Waals surface area (Å²) in [5, 5.41) is 50.8. The lowest BCUT2D eigenvalue weighted by atomic mass is 9.92. The Bertz CT molecular complexity index is 1210. The van der Waals surface area contributed by atoms with Gasteiger partial charge in [0.2, 0.25) is 11.9 Å². The quantitative estimate of drug-likeness (QED) is 0.126. The van der Waals surface area contributed by atoms with Crippen molar-refractivity contribution in [2.45, 2.75) is 76.3 Å². The van der Waals surface area contributed by atoms with Gasteiger partial charge in [0.25, 0.3) is 0 Å². The second-order valence-electron chi connectivity index (χ2n) is 12.6. The van der Waals surface area contributed by atoms with Crippen LogP contribution in [0.4, 0.5) is 10.3 Å². The van der Waals surface area contributed by atoms with Gasteiger partial charge in [0, 0.05) is 63.6 Å². The third-order valence-electron chi connectivity index (χ3n) is 8.94. The van der Waals surface area contributed by atoms with Crippen molar-refractivity contribution in [2.75, 3.05) is 57.4 Å². The number of halogens is 1. The van der Waals surface area contributed by atoms with Crippen molar-refractivity contribution in [2.24, 2.45) is 11.8 Å². The van der Waals surface area contributed by atoms with Crippen molar-refractivity contribution in [3.8, 4) is 5.75 Å². The highest BCUT2D eigenvalue weighted by Crippen LogP contribution is 2.25. The summed E-state index contributed by atoms with van der Waals surface area (Å²) < 4.78 is 20.6. The normalized spacial score (nSPS) is 18.6. The van der Waals surface area contributed by atoms with Gasteiger partial charge in [-0.05, 0) is 55.2 Å². The molecule has 0 bridgehead atoms. The smallest absolute Gasteiger partial charge is 0.227 e. The minimum Gasteiger partial charge on any atom is -0.493 e. The number of aliphatic hydroxyl groups excluding tert-OH is 5. The number of hydrogen-bond donors (Lipinski definition) is 6. The van der Waals surface area contributed by atoms with Crippen LogP contribution in [0.2, 0.25) is 0 Å². The molecule has 2 aliphatic rings. The van der Waals surface area contributed by atoms with E-state index in [1.807, 2.05) is 12.4 Å². The van der Waals surface area contributed by atoms with Crippen molar-refractivity contribution in [1.82, 2.24) is 20.2 Å². The SMILES string of the molecule is CCCc1cnc(N2CCC(CCCOc3ccc(CC(=O)N4CC(CNCC(O)C(O)C(O)C(O)CO)C4)c(F)c3)CC2)nc1. The first-order chi connectivity index (χ1) is 22.2. The number of anilines is 1. The molecule has 13 heteroatoms. The fraction of sp³-hybridized carbons (Fsp3) is 0.667. The van der Waals surface area contributed by atoms with Gasteiger partial charge in [-0.1, -0.05) is 19.4 Å². The van der Waals surface area contributed by atoms with Crippen molar-refractivity contribution >= 4 is 11.9 Å². The summed E-state index contributed by atoms with van der Waals surface area (Å²) in [5.41, 5.74) is 1.49. The third kappa shape index (κ3) is 10.3. The molecular weight excluding hydrogens is 597 g/mol. The maximum atomic E-state index is 14.8. The molecule has 2 aromatic rings. The predicted octanol–water partition coefficient (Wildman–Crippen LogP) is 0.670. The second kappa shape index (κ2) is 17.8. The van der Waals surface area contributed by atoms with Crippen molar-refractivity contribution in [3.63, 3.8) is 0 Å². The van der Waals surface area contributed by atoms with Gasteiger partial charge in [-0.2, -0.15) is 0 Å². The fourth-order valence-corrected chi connectivity index (χ4v) is 5.97. The van der Waals surface area contributed by atoms with Crippen molar-refractivity contribution in [3.05, 3.63) is 47.5 Å². The molecule has 4 atom stereocenters. The molecular formula is C33H50FN5O7. The summed E-state index contributed by atoms with van der Waals surface area (Å²) in [6.45, 7) is 5.20. The van der Waals surface area contributed by atoms with E-state index in [1.165, 1.54) is 11.6 Å². The Labute approximate surface area is 270 Å². The van der Waals surface area contributed by atoms with Crippen LogP contribution in [0.25, 0.3) is 0 Å². The molecule has 46 heavy (non-hydrogen) atoms. The largest absolute Gasteiger partial charge is 0.493 e. The number of aliphatic hydroxyl groups is 5. The third-order valence-corrected chi connectivity index (χ3v) is 8.94. The molecule has 3 heterocycles. The number of carbonyl (C=O) groups excluding carboxylic acids is 1. The van der Waals surface area contributed by atoms with Crippen molar-refractivity contribution in [1.29, 1.82) is 0 Å². The van der Waals surface area contributed by atoms with E-state index in [0.29, 0.717) is 43.5 Å². The Kier molecular flexibility index (Phi) is 13.9. The molecule has 0 aliphatic carbocycles. The molecule has 2 aliphatic heterocycles. The van der Waals surface area contributed by atoms with Crippen LogP contribution in [-0.2, 0) is 17.6 Å². The first kappa shape index (κ1) is 35.9. The second-order valence-corrected chi connectivity index (χ2v) is 12.6. The first-order valence-corrected chi connectivity index (χ1v) is 16.5. The minimum absolute atomic E-state index is 0.0374. The molecule has 12 nitrogen and oxygen atoms in total. The molecule has 4 rings (SSSR count). The molecule has 0 spiro atoms. The number of rotatable bonds is 18. The summed E-state index contributed by atoms with van der Waals surface area (Å²) in [4.78, 5) is 25.6. The number of nitrogens with zero attached hydrogens (tertiary/aromatic N) is 4. The number of benzene rings is 1. The molecule has 2 saturated heterocycles. The number of hydrogen-bond acceptors (Lipinski definition) is 11. The lowest BCUT2D eigenvalue weighted by Crippen LogP contribution is -2.55. The van der Waals surface area contributed by atoms with Gasteiger partial charge in [-0.15, -0.1) is 0 Å². The molecule has 1 amide bonds. The van der Waals surface area contributed by atoms with Gasteiger partial charge in [0.1, 0.15) is 29.9 Å². The number of carbonyl (C=O) groups is 1. The lowest BCUT2D eigenvalue weighted by molar-refractivity contribution is -0.136. The summed E-state index contributed by atoms with van der Waals surface area (Å²) in [6, 6.07) is 4.64. The zero-order chi connectivity index (χ0) is 33.1. The average Bonchev–Trinajstić information content (AvgIpc) is 3.04. The maximum Gasteiger partial charge on any atom is 0.227 e. The molecule has 4 unspecified atom stereocenters. The minimum atomic E-state index is -1.67. The molecule has 6 N–H and O–H groups in total. The van der Waals surface area contributed by atoms with Crippen LogP contribution >= 0.6 is 0 Å². The summed E-state index contributed by atoms with van der Waals surface area (Å²) >= 11 is 0. The fourth-order valence-electron chi connectivity index (χ4n) is 5.97. The van der Waals surface area contributed by atoms with Crippen LogP contribution in [0.15, 0.2) is 30.6 Å². The average molecular weight is 648 g/mol. The van der Waals surface area contributed by atoms with Crippen LogP contribution in [0.5, 0.6) is 5.75 Å². The van der Waals surface area contributed by atoms with Crippen LogP contribution in [-0.4, -0.2) is 123 Å². The lowest BCUT2D eigenvalue weighted by Gasteiger charge is -2.39. The molecule has 0 saturated carbocycles. The molecule has 256 valence electrons. The van der Waals surface area contributed by atoms with Crippen LogP contribution in [0, 0.1) is 17.7 Å². The van der Waals surface area contributed by atoms with Gasteiger partial charge >= 0.3 is 0 Å². The Hall–Kier alpha value is -2.94. The van der Waals surface area contributed by atoms with Gasteiger partial charge in [0.15, 0.2) is 0 Å². The van der Waals surface area contributed by atoms with E-state index in [2.05, 4.69) is 27.1 Å². The predicted molar refractivity (Wildman–Crippen MR) is 170 cm³/mol. The Morgan fingerprint density at radius 3 is 2.41 bits per heavy atom. The first-order valence-electron chi connectivity index (χ1n) is 16.5. The van der Waals surface area contributed by atoms with E-state index in [4.69, 9.17) is 9.84 Å². The standard InChI is InChI=1S/C33H50FN5O7/c1-2-4-23-16-36-33(37-17-23)38-10-8-22(9-11-38)5-3-12-46-26-7-6-25(27(34)14-26)13-30(43)39-19-24(20-39)15-35-18-28(41)31(44)32(45)29(42)21-40/h6-7,14,16-17,22,24,28-29,31-32,35,40-42,44-45H,2-5,8-13,15,18-21H2,1H3. The summed E-state index contributed by atoms with van der Waals surface area (Å²) in [6.07, 6.45) is 3.81. The van der Waals surface area contributed by atoms with Crippen molar-refractivity contribution < 1.29 is 39.5 Å². The molecule has 1 aromatic carbocycles. The van der Waals surface area contributed by atoms with Gasteiger partial charge in [-0.25, -0.2) is 14.4 Å². The number of likely N-dealkylation sites (tertiary alicyclic amines) is 1. The molecule has 0 radical (unpaired) electrons. The Morgan fingerprint density at radius 1 is 1.07 bits per heavy atom. The molecule has 1 aromatic heterocycles. The number of ether oxygens (including phenoxy) is 1. The van der Waals surface area contributed by atoms with E-state index < -0.39 is 36.8 Å². The number of nitrogens with one attached hydrogen (secondary N) is 1. The Morgan fingerprint density at radius 2 is 1.76 bits per heavy atom. The monoisotopic (exact) mass is 647 g/mol. The zero-order valence-electron chi connectivity index (χ0n) is 26.7. The van der Waals surface area contributed by atoms with Gasteiger partial charge in [0.05, 0.1) is 25.7 Å². The maximum absolute atomic E-state index is 14.8. The molecule has 2 fully saturated rings. The van der Waals surface area contributed by atoms with E-state index in [9.17, 15) is 29.6 Å². The topological polar surface area (TPSA) is 172 Å². The van der Waals surface area contributed by atoms with Gasteiger partial charge in [-0.3, -0.25) is 4.79 Å². The van der Waals surface area contributed by atoms with Crippen LogP contribution < -0.4 is 15.0 Å². The van der Waals surface area contributed by atoms with E-state index in [0.717, 1.165) is 57.6 Å². The summed E-state index contributed by atoms with van der Waals surface area (Å²) in [5.74, 6) is 1.36. The van der Waals surface area contributed by atoms with E-state index >= 15 is 0 Å². The number of aryl methyl sites for hydroxylation is 1. The van der Waals surface area contributed by atoms with Crippen LogP contribution in [0.1, 0.15) is 50.2 Å². The number of amides is 1. The number of piperidine rings is 1. The number of aromatic nitrogens is 2. The van der Waals surface area contributed by atoms with E-state index in [-0.39, 0.29) is 24.8 Å². The zero-order valence-corrected chi connectivity index (χ0v) is 26.7. The Balaban J connectivity index is 1.08.